The van der Waals surface area contributed by atoms with E-state index in [1.54, 1.807) is 29.2 Å². The van der Waals surface area contributed by atoms with Gasteiger partial charge in [0.25, 0.3) is 5.91 Å². The van der Waals surface area contributed by atoms with Crippen molar-refractivity contribution < 1.29 is 9.90 Å². The molecule has 0 saturated heterocycles. The zero-order valence-corrected chi connectivity index (χ0v) is 12.1. The molecule has 0 aliphatic carbocycles. The number of benzene rings is 2. The van der Waals surface area contributed by atoms with Crippen LogP contribution in [-0.2, 0) is 0 Å². The maximum atomic E-state index is 11.9. The van der Waals surface area contributed by atoms with Crippen LogP contribution in [0.4, 0.5) is 0 Å². The van der Waals surface area contributed by atoms with Crippen LogP contribution in [-0.4, -0.2) is 27.0 Å². The van der Waals surface area contributed by atoms with E-state index < -0.39 is 5.91 Å². The lowest BCUT2D eigenvalue weighted by Crippen LogP contribution is -2.17. The lowest BCUT2D eigenvalue weighted by atomic mass is 10.2. The number of phenols is 1. The van der Waals surface area contributed by atoms with E-state index in [4.69, 9.17) is 0 Å². The number of amides is 1. The normalized spacial score (nSPS) is 10.8. The van der Waals surface area contributed by atoms with Crippen molar-refractivity contribution in [3.8, 4) is 11.4 Å². The number of hydrogen-bond donors (Lipinski definition) is 2. The van der Waals surface area contributed by atoms with Gasteiger partial charge in [-0.15, -0.1) is 0 Å². The van der Waals surface area contributed by atoms with Crippen molar-refractivity contribution in [3.63, 3.8) is 0 Å². The number of carbonyl (C=O) groups is 1. The molecule has 0 atom stereocenters. The van der Waals surface area contributed by atoms with Gasteiger partial charge >= 0.3 is 0 Å². The number of nitrogens with zero attached hydrogens (tertiary/aromatic N) is 3. The summed E-state index contributed by atoms with van der Waals surface area (Å²) in [5.41, 5.74) is 4.44. The maximum Gasteiger partial charge on any atom is 0.271 e. The first-order chi connectivity index (χ1) is 11.2. The smallest absolute Gasteiger partial charge is 0.271 e. The first-order valence-electron chi connectivity index (χ1n) is 6.95. The quantitative estimate of drug-likeness (QED) is 0.573. The summed E-state index contributed by atoms with van der Waals surface area (Å²) in [4.78, 5) is 11.9. The van der Waals surface area contributed by atoms with E-state index in [1.165, 1.54) is 18.3 Å². The average molecular weight is 306 g/mol. The van der Waals surface area contributed by atoms with E-state index in [1.807, 2.05) is 30.3 Å². The molecule has 1 aromatic heterocycles. The molecule has 3 rings (SSSR count). The number of para-hydroxylation sites is 1. The van der Waals surface area contributed by atoms with Gasteiger partial charge < -0.3 is 5.11 Å². The number of aromatic nitrogens is 2. The molecule has 1 amide bonds. The van der Waals surface area contributed by atoms with Crippen LogP contribution >= 0.6 is 0 Å². The third-order valence-corrected chi connectivity index (χ3v) is 3.11. The van der Waals surface area contributed by atoms with Gasteiger partial charge in [0.2, 0.25) is 0 Å². The Bertz CT molecular complexity index is 841. The summed E-state index contributed by atoms with van der Waals surface area (Å²) in [6.07, 6.45) is 4.96. The minimum atomic E-state index is -0.396. The minimum Gasteiger partial charge on any atom is -0.508 e. The Morgan fingerprint density at radius 3 is 2.78 bits per heavy atom. The number of carbonyl (C=O) groups excluding carboxylic acids is 1. The van der Waals surface area contributed by atoms with Gasteiger partial charge in [-0.05, 0) is 30.3 Å². The third kappa shape index (κ3) is 3.62. The van der Waals surface area contributed by atoms with Crippen molar-refractivity contribution in [2.45, 2.75) is 0 Å². The predicted octanol–water partition coefficient (Wildman–Crippen LogP) is 2.34. The molecule has 0 aliphatic rings. The zero-order valence-electron chi connectivity index (χ0n) is 12.1. The van der Waals surface area contributed by atoms with Crippen LogP contribution in [0.15, 0.2) is 72.1 Å². The van der Waals surface area contributed by atoms with Crippen LogP contribution in [0.25, 0.3) is 5.69 Å². The SMILES string of the molecule is O=C(N/N=C\c1cnn(-c2ccccc2)c1)c1cccc(O)c1. The Kier molecular flexibility index (Phi) is 4.15. The number of nitrogens with one attached hydrogen (secondary N) is 1. The third-order valence-electron chi connectivity index (χ3n) is 3.11. The summed E-state index contributed by atoms with van der Waals surface area (Å²) < 4.78 is 1.72. The van der Waals surface area contributed by atoms with Gasteiger partial charge in [-0.2, -0.15) is 10.2 Å². The standard InChI is InChI=1S/C17H14N4O2/c22-16-8-4-5-14(9-16)17(23)20-18-10-13-11-19-21(12-13)15-6-2-1-3-7-15/h1-12,22H,(H,20,23)/b18-10-. The second-order valence-electron chi connectivity index (χ2n) is 4.80. The van der Waals surface area contributed by atoms with Crippen molar-refractivity contribution >= 4 is 12.1 Å². The van der Waals surface area contributed by atoms with Crippen molar-refractivity contribution in [2.24, 2.45) is 5.10 Å². The molecule has 0 fully saturated rings. The first kappa shape index (κ1) is 14.5. The molecule has 23 heavy (non-hydrogen) atoms. The highest BCUT2D eigenvalue weighted by molar-refractivity contribution is 5.95. The Labute approximate surface area is 132 Å². The fourth-order valence-electron chi connectivity index (χ4n) is 2.00. The summed E-state index contributed by atoms with van der Waals surface area (Å²) in [6, 6.07) is 15.7. The minimum absolute atomic E-state index is 0.0331. The molecule has 6 heteroatoms. The van der Waals surface area contributed by atoms with Crippen molar-refractivity contribution in [1.29, 1.82) is 0 Å². The van der Waals surface area contributed by atoms with E-state index in [0.717, 1.165) is 11.3 Å². The van der Waals surface area contributed by atoms with Gasteiger partial charge in [-0.25, -0.2) is 10.1 Å². The molecule has 114 valence electrons. The average Bonchev–Trinajstić information content (AvgIpc) is 3.04. The Hall–Kier alpha value is -3.41. The summed E-state index contributed by atoms with van der Waals surface area (Å²) >= 11 is 0. The van der Waals surface area contributed by atoms with Crippen LogP contribution in [0.5, 0.6) is 5.75 Å². The van der Waals surface area contributed by atoms with E-state index in [0.29, 0.717) is 5.56 Å². The fourth-order valence-corrected chi connectivity index (χ4v) is 2.00. The Balaban J connectivity index is 1.65. The summed E-state index contributed by atoms with van der Waals surface area (Å²) in [7, 11) is 0. The van der Waals surface area contributed by atoms with Crippen LogP contribution in [0.2, 0.25) is 0 Å². The monoisotopic (exact) mass is 306 g/mol. The molecule has 2 N–H and O–H groups in total. The van der Waals surface area contributed by atoms with Crippen LogP contribution < -0.4 is 5.43 Å². The molecule has 0 bridgehead atoms. The summed E-state index contributed by atoms with van der Waals surface area (Å²) in [5, 5.41) is 17.5. The second-order valence-corrected chi connectivity index (χ2v) is 4.80. The predicted molar refractivity (Wildman–Crippen MR) is 86.7 cm³/mol. The van der Waals surface area contributed by atoms with Crippen LogP contribution in [0.3, 0.4) is 0 Å². The van der Waals surface area contributed by atoms with E-state index in [-0.39, 0.29) is 5.75 Å². The lowest BCUT2D eigenvalue weighted by molar-refractivity contribution is 0.0954. The van der Waals surface area contributed by atoms with E-state index in [9.17, 15) is 9.90 Å². The molecular formula is C17H14N4O2. The van der Waals surface area contributed by atoms with Gasteiger partial charge in [0.15, 0.2) is 0 Å². The molecule has 0 radical (unpaired) electrons. The van der Waals surface area contributed by atoms with E-state index in [2.05, 4.69) is 15.6 Å². The number of rotatable bonds is 4. The number of hydrazone groups is 1. The van der Waals surface area contributed by atoms with Crippen LogP contribution in [0.1, 0.15) is 15.9 Å². The van der Waals surface area contributed by atoms with Gasteiger partial charge in [0.05, 0.1) is 18.1 Å². The van der Waals surface area contributed by atoms with Crippen LogP contribution in [0, 0.1) is 0 Å². The highest BCUT2D eigenvalue weighted by atomic mass is 16.3. The number of hydrogen-bond acceptors (Lipinski definition) is 4. The molecule has 6 nitrogen and oxygen atoms in total. The summed E-state index contributed by atoms with van der Waals surface area (Å²) in [6.45, 7) is 0. The molecule has 0 spiro atoms. The van der Waals surface area contributed by atoms with Crippen molar-refractivity contribution in [1.82, 2.24) is 15.2 Å². The zero-order chi connectivity index (χ0) is 16.1. The number of phenolic OH excluding ortho intramolecular Hbond substituents is 1. The topological polar surface area (TPSA) is 79.5 Å². The first-order valence-corrected chi connectivity index (χ1v) is 6.95. The highest BCUT2D eigenvalue weighted by Crippen LogP contribution is 2.10. The molecule has 0 saturated carbocycles. The lowest BCUT2D eigenvalue weighted by Gasteiger charge is -1.99. The number of aromatic hydroxyl groups is 1. The molecule has 0 unspecified atom stereocenters. The molecule has 2 aromatic carbocycles. The molecular weight excluding hydrogens is 292 g/mol. The van der Waals surface area contributed by atoms with Crippen molar-refractivity contribution in [2.75, 3.05) is 0 Å². The second kappa shape index (κ2) is 6.57. The van der Waals surface area contributed by atoms with Gasteiger partial charge in [0.1, 0.15) is 5.75 Å². The van der Waals surface area contributed by atoms with Gasteiger partial charge in [-0.3, -0.25) is 4.79 Å². The largest absolute Gasteiger partial charge is 0.508 e. The summed E-state index contributed by atoms with van der Waals surface area (Å²) in [5.74, 6) is -0.363. The van der Waals surface area contributed by atoms with Gasteiger partial charge in [-0.1, -0.05) is 24.3 Å². The molecule has 3 aromatic rings. The van der Waals surface area contributed by atoms with Crippen molar-refractivity contribution in [3.05, 3.63) is 78.1 Å². The molecule has 1 heterocycles. The van der Waals surface area contributed by atoms with Gasteiger partial charge in [0, 0.05) is 17.3 Å². The Morgan fingerprint density at radius 2 is 2.00 bits per heavy atom. The Morgan fingerprint density at radius 1 is 1.17 bits per heavy atom. The van der Waals surface area contributed by atoms with E-state index >= 15 is 0 Å². The molecule has 0 aliphatic heterocycles. The maximum absolute atomic E-state index is 11.9. The fraction of sp³-hybridized carbons (Fsp3) is 0. The highest BCUT2D eigenvalue weighted by Gasteiger charge is 2.04.